The van der Waals surface area contributed by atoms with Crippen LogP contribution in [0.5, 0.6) is 0 Å². The molecule has 1 atom stereocenters. The van der Waals surface area contributed by atoms with E-state index in [4.69, 9.17) is 0 Å². The zero-order valence-corrected chi connectivity index (χ0v) is 11.0. The molecule has 1 rings (SSSR count). The Morgan fingerprint density at radius 2 is 2.24 bits per heavy atom. The van der Waals surface area contributed by atoms with Crippen LogP contribution in [0.25, 0.3) is 0 Å². The lowest BCUT2D eigenvalue weighted by atomic mass is 10.2. The highest BCUT2D eigenvalue weighted by Crippen LogP contribution is 2.10. The molecule has 1 aliphatic rings. The van der Waals surface area contributed by atoms with Gasteiger partial charge in [0.2, 0.25) is 11.8 Å². The first-order chi connectivity index (χ1) is 8.04. The quantitative estimate of drug-likeness (QED) is 0.694. The Labute approximate surface area is 103 Å². The van der Waals surface area contributed by atoms with E-state index in [1.807, 2.05) is 13.8 Å². The maximum absolute atomic E-state index is 11.9. The van der Waals surface area contributed by atoms with Crippen LogP contribution >= 0.6 is 0 Å². The van der Waals surface area contributed by atoms with Gasteiger partial charge in [-0.2, -0.15) is 0 Å². The minimum Gasteiger partial charge on any atom is -0.352 e. The first kappa shape index (κ1) is 14.0. The molecule has 98 valence electrons. The Morgan fingerprint density at radius 1 is 1.53 bits per heavy atom. The maximum Gasteiger partial charge on any atom is 0.240 e. The first-order valence-electron chi connectivity index (χ1n) is 6.36. The van der Waals surface area contributed by atoms with Gasteiger partial charge in [-0.05, 0) is 33.2 Å². The number of hydrogen-bond acceptors (Lipinski definition) is 3. The Hall–Kier alpha value is -1.10. The van der Waals surface area contributed by atoms with Crippen LogP contribution in [0, 0.1) is 0 Å². The van der Waals surface area contributed by atoms with Gasteiger partial charge in [-0.1, -0.05) is 6.92 Å². The van der Waals surface area contributed by atoms with E-state index in [-0.39, 0.29) is 30.4 Å². The van der Waals surface area contributed by atoms with Crippen LogP contribution in [0.15, 0.2) is 0 Å². The average Bonchev–Trinajstić information content (AvgIpc) is 2.57. The summed E-state index contributed by atoms with van der Waals surface area (Å²) in [6.07, 6.45) is 1.81. The zero-order valence-electron chi connectivity index (χ0n) is 11.0. The number of hydrogen-bond donors (Lipinski definition) is 2. The zero-order chi connectivity index (χ0) is 12.8. The van der Waals surface area contributed by atoms with Gasteiger partial charge in [-0.3, -0.25) is 9.59 Å². The molecule has 1 aliphatic heterocycles. The summed E-state index contributed by atoms with van der Waals surface area (Å²) in [5.74, 6) is -0.0261. The van der Waals surface area contributed by atoms with Crippen molar-refractivity contribution in [3.8, 4) is 0 Å². The van der Waals surface area contributed by atoms with Crippen molar-refractivity contribution < 1.29 is 9.59 Å². The molecule has 1 saturated heterocycles. The third kappa shape index (κ3) is 4.34. The Balaban J connectivity index is 2.36. The molecule has 0 aromatic carbocycles. The Kier molecular flexibility index (Phi) is 5.41. The van der Waals surface area contributed by atoms with Crippen molar-refractivity contribution in [2.75, 3.05) is 19.6 Å². The van der Waals surface area contributed by atoms with E-state index >= 15 is 0 Å². The molecule has 1 unspecified atom stereocenters. The van der Waals surface area contributed by atoms with Gasteiger partial charge in [0.15, 0.2) is 0 Å². The monoisotopic (exact) mass is 241 g/mol. The van der Waals surface area contributed by atoms with Gasteiger partial charge in [0.05, 0.1) is 12.6 Å². The van der Waals surface area contributed by atoms with E-state index in [2.05, 4.69) is 17.6 Å². The molecule has 0 aromatic rings. The van der Waals surface area contributed by atoms with Gasteiger partial charge in [0, 0.05) is 12.6 Å². The molecular formula is C12H23N3O2. The Bertz CT molecular complexity index is 279. The predicted octanol–water partition coefficient (Wildman–Crippen LogP) is 0.112. The molecule has 0 saturated carbocycles. The molecule has 5 nitrogen and oxygen atoms in total. The fraction of sp³-hybridized carbons (Fsp3) is 0.833. The number of nitrogens with zero attached hydrogens (tertiary/aromatic N) is 1. The van der Waals surface area contributed by atoms with E-state index in [0.717, 1.165) is 19.4 Å². The fourth-order valence-corrected chi connectivity index (χ4v) is 1.94. The fourth-order valence-electron chi connectivity index (χ4n) is 1.94. The van der Waals surface area contributed by atoms with Gasteiger partial charge in [-0.25, -0.2) is 0 Å². The molecular weight excluding hydrogens is 218 g/mol. The van der Waals surface area contributed by atoms with Crippen LogP contribution in [0.3, 0.4) is 0 Å². The molecule has 2 amide bonds. The van der Waals surface area contributed by atoms with Crippen molar-refractivity contribution in [2.45, 2.75) is 45.7 Å². The lowest BCUT2D eigenvalue weighted by Crippen LogP contribution is -2.44. The molecule has 17 heavy (non-hydrogen) atoms. The summed E-state index contributed by atoms with van der Waals surface area (Å²) >= 11 is 0. The first-order valence-corrected chi connectivity index (χ1v) is 6.36. The molecule has 0 radical (unpaired) electrons. The van der Waals surface area contributed by atoms with Crippen molar-refractivity contribution in [1.29, 1.82) is 0 Å². The lowest BCUT2D eigenvalue weighted by molar-refractivity contribution is -0.134. The summed E-state index contributed by atoms with van der Waals surface area (Å²) in [5.41, 5.74) is 0. The van der Waals surface area contributed by atoms with Crippen LogP contribution < -0.4 is 10.6 Å². The number of carbonyl (C=O) groups is 2. The molecule has 5 heteroatoms. The number of rotatable bonds is 6. The summed E-state index contributed by atoms with van der Waals surface area (Å²) in [6.45, 7) is 7.60. The summed E-state index contributed by atoms with van der Waals surface area (Å²) in [7, 11) is 0. The van der Waals surface area contributed by atoms with Crippen LogP contribution in [0.1, 0.15) is 33.6 Å². The van der Waals surface area contributed by atoms with Crippen molar-refractivity contribution in [3.05, 3.63) is 0 Å². The predicted molar refractivity (Wildman–Crippen MR) is 66.6 cm³/mol. The highest BCUT2D eigenvalue weighted by atomic mass is 16.2. The summed E-state index contributed by atoms with van der Waals surface area (Å²) in [6, 6.07) is 0.0241. The second kappa shape index (κ2) is 6.59. The topological polar surface area (TPSA) is 61.4 Å². The van der Waals surface area contributed by atoms with Crippen LogP contribution in [0.2, 0.25) is 0 Å². The van der Waals surface area contributed by atoms with Crippen molar-refractivity contribution in [1.82, 2.24) is 15.5 Å². The average molecular weight is 241 g/mol. The smallest absolute Gasteiger partial charge is 0.240 e. The second-order valence-electron chi connectivity index (χ2n) is 4.78. The van der Waals surface area contributed by atoms with Crippen LogP contribution in [0.4, 0.5) is 0 Å². The highest BCUT2D eigenvalue weighted by Gasteiger charge is 2.31. The number of nitrogens with one attached hydrogen (secondary N) is 2. The molecule has 2 N–H and O–H groups in total. The lowest BCUT2D eigenvalue weighted by Gasteiger charge is -2.17. The second-order valence-corrected chi connectivity index (χ2v) is 4.78. The van der Waals surface area contributed by atoms with E-state index in [1.165, 1.54) is 0 Å². The Morgan fingerprint density at radius 3 is 2.82 bits per heavy atom. The van der Waals surface area contributed by atoms with E-state index < -0.39 is 0 Å². The third-order valence-electron chi connectivity index (χ3n) is 2.72. The summed E-state index contributed by atoms with van der Waals surface area (Å²) in [5, 5.41) is 6.00. The van der Waals surface area contributed by atoms with Gasteiger partial charge in [0.25, 0.3) is 0 Å². The van der Waals surface area contributed by atoms with Gasteiger partial charge < -0.3 is 15.5 Å². The molecule has 0 spiro atoms. The standard InChI is InChI=1S/C12H23N3O2/c1-4-6-13-10-5-7-15(12(10)17)8-11(16)14-9(2)3/h9-10,13H,4-8H2,1-3H3,(H,14,16). The minimum absolute atomic E-state index is 0.0531. The SMILES string of the molecule is CCCNC1CCN(CC(=O)NC(C)C)C1=O. The van der Waals surface area contributed by atoms with Crippen molar-refractivity contribution in [3.63, 3.8) is 0 Å². The molecule has 1 heterocycles. The van der Waals surface area contributed by atoms with Crippen LogP contribution in [-0.2, 0) is 9.59 Å². The van der Waals surface area contributed by atoms with E-state index in [1.54, 1.807) is 4.90 Å². The summed E-state index contributed by atoms with van der Waals surface area (Å²) < 4.78 is 0. The van der Waals surface area contributed by atoms with Crippen LogP contribution in [-0.4, -0.2) is 48.4 Å². The van der Waals surface area contributed by atoms with E-state index in [0.29, 0.717) is 6.54 Å². The van der Waals surface area contributed by atoms with Crippen molar-refractivity contribution >= 4 is 11.8 Å². The molecule has 1 fully saturated rings. The molecule has 0 aliphatic carbocycles. The van der Waals surface area contributed by atoms with Crippen molar-refractivity contribution in [2.24, 2.45) is 0 Å². The van der Waals surface area contributed by atoms with Gasteiger partial charge in [0.1, 0.15) is 0 Å². The molecule has 0 bridgehead atoms. The summed E-state index contributed by atoms with van der Waals surface area (Å²) in [4.78, 5) is 25.1. The van der Waals surface area contributed by atoms with Gasteiger partial charge >= 0.3 is 0 Å². The number of carbonyl (C=O) groups excluding carboxylic acids is 2. The van der Waals surface area contributed by atoms with E-state index in [9.17, 15) is 9.59 Å². The van der Waals surface area contributed by atoms with Gasteiger partial charge in [-0.15, -0.1) is 0 Å². The largest absolute Gasteiger partial charge is 0.352 e. The number of amides is 2. The molecule has 0 aromatic heterocycles. The minimum atomic E-state index is -0.0956. The normalized spacial score (nSPS) is 20.1. The number of likely N-dealkylation sites (tertiary alicyclic amines) is 1. The third-order valence-corrected chi connectivity index (χ3v) is 2.72. The highest BCUT2D eigenvalue weighted by molar-refractivity contribution is 5.89. The maximum atomic E-state index is 11.9.